The molecule has 1 aromatic carbocycles. The summed E-state index contributed by atoms with van der Waals surface area (Å²) in [6, 6.07) is 7.37. The largest absolute Gasteiger partial charge is 0.385 e. The third-order valence-corrected chi connectivity index (χ3v) is 3.10. The van der Waals surface area contributed by atoms with Gasteiger partial charge in [0, 0.05) is 37.5 Å². The number of aldehydes is 1. The Kier molecular flexibility index (Phi) is 4.90. The summed E-state index contributed by atoms with van der Waals surface area (Å²) in [6.45, 7) is 1.49. The van der Waals surface area contributed by atoms with Gasteiger partial charge in [-0.3, -0.25) is 9.59 Å². The number of rotatable bonds is 7. The van der Waals surface area contributed by atoms with Crippen LogP contribution < -0.4 is 5.32 Å². The van der Waals surface area contributed by atoms with Crippen molar-refractivity contribution in [1.29, 1.82) is 0 Å². The van der Waals surface area contributed by atoms with Crippen molar-refractivity contribution in [1.82, 2.24) is 9.88 Å². The van der Waals surface area contributed by atoms with E-state index < -0.39 is 0 Å². The molecule has 0 aliphatic rings. The minimum absolute atomic E-state index is 0.0462. The van der Waals surface area contributed by atoms with Gasteiger partial charge in [0.25, 0.3) is 0 Å². The van der Waals surface area contributed by atoms with Crippen LogP contribution in [0.15, 0.2) is 30.5 Å². The van der Waals surface area contributed by atoms with E-state index in [9.17, 15) is 9.59 Å². The molecule has 1 amide bonds. The van der Waals surface area contributed by atoms with Crippen molar-refractivity contribution in [3.63, 3.8) is 0 Å². The molecule has 0 aliphatic carbocycles. The zero-order valence-electron chi connectivity index (χ0n) is 11.5. The second-order valence-corrected chi connectivity index (χ2v) is 4.58. The molecule has 0 fully saturated rings. The van der Waals surface area contributed by atoms with E-state index >= 15 is 0 Å². The minimum atomic E-state index is -0.0462. The molecular formula is C15H18N2O3. The molecule has 0 unspecified atom stereocenters. The number of benzene rings is 1. The van der Waals surface area contributed by atoms with Crippen molar-refractivity contribution < 1.29 is 14.3 Å². The van der Waals surface area contributed by atoms with Crippen LogP contribution >= 0.6 is 0 Å². The van der Waals surface area contributed by atoms with E-state index in [1.54, 1.807) is 19.2 Å². The molecule has 1 N–H and O–H groups in total. The summed E-state index contributed by atoms with van der Waals surface area (Å²) in [5.41, 5.74) is 1.50. The number of aromatic nitrogens is 1. The first-order chi connectivity index (χ1) is 9.74. The molecule has 2 rings (SSSR count). The van der Waals surface area contributed by atoms with Crippen molar-refractivity contribution in [3.05, 3.63) is 36.0 Å². The zero-order valence-corrected chi connectivity index (χ0v) is 11.5. The lowest BCUT2D eigenvalue weighted by Crippen LogP contribution is -2.28. The molecule has 20 heavy (non-hydrogen) atoms. The molecular weight excluding hydrogens is 256 g/mol. The highest BCUT2D eigenvalue weighted by atomic mass is 16.5. The molecule has 0 spiro atoms. The first-order valence-corrected chi connectivity index (χ1v) is 6.54. The molecule has 2 aromatic rings. The quantitative estimate of drug-likeness (QED) is 0.616. The number of carbonyl (C=O) groups excluding carboxylic acids is 2. The van der Waals surface area contributed by atoms with Gasteiger partial charge >= 0.3 is 0 Å². The molecule has 106 valence electrons. The van der Waals surface area contributed by atoms with E-state index in [4.69, 9.17) is 4.74 Å². The van der Waals surface area contributed by atoms with Crippen LogP contribution in [0, 0.1) is 0 Å². The van der Waals surface area contributed by atoms with Crippen molar-refractivity contribution in [2.75, 3.05) is 20.3 Å². The summed E-state index contributed by atoms with van der Waals surface area (Å²) in [5.74, 6) is -0.0462. The van der Waals surface area contributed by atoms with Gasteiger partial charge in [0.15, 0.2) is 0 Å². The lowest BCUT2D eigenvalue weighted by molar-refractivity contribution is -0.121. The maximum atomic E-state index is 11.8. The van der Waals surface area contributed by atoms with Gasteiger partial charge in [-0.25, -0.2) is 0 Å². The summed E-state index contributed by atoms with van der Waals surface area (Å²) in [5, 5.41) is 3.86. The van der Waals surface area contributed by atoms with Crippen LogP contribution in [0.4, 0.5) is 0 Å². The Morgan fingerprint density at radius 3 is 3.00 bits per heavy atom. The van der Waals surface area contributed by atoms with Crippen LogP contribution in [0.1, 0.15) is 16.8 Å². The molecule has 0 radical (unpaired) electrons. The van der Waals surface area contributed by atoms with Gasteiger partial charge in [0.2, 0.25) is 5.91 Å². The highest BCUT2D eigenvalue weighted by molar-refractivity contribution is 5.88. The maximum Gasteiger partial charge on any atom is 0.239 e. The van der Waals surface area contributed by atoms with Crippen LogP contribution in [0.5, 0.6) is 0 Å². The summed E-state index contributed by atoms with van der Waals surface area (Å²) in [4.78, 5) is 22.6. The van der Waals surface area contributed by atoms with Gasteiger partial charge in [-0.2, -0.15) is 0 Å². The molecule has 0 atom stereocenters. The van der Waals surface area contributed by atoms with E-state index in [-0.39, 0.29) is 12.5 Å². The van der Waals surface area contributed by atoms with Crippen molar-refractivity contribution in [3.8, 4) is 0 Å². The Hall–Kier alpha value is -2.14. The van der Waals surface area contributed by atoms with Crippen LogP contribution in [-0.2, 0) is 16.1 Å². The van der Waals surface area contributed by atoms with Gasteiger partial charge in [-0.1, -0.05) is 12.1 Å². The maximum absolute atomic E-state index is 11.8. The number of fused-ring (bicyclic) bond motifs is 1. The third kappa shape index (κ3) is 3.45. The van der Waals surface area contributed by atoms with Crippen LogP contribution in [-0.4, -0.2) is 37.0 Å². The normalized spacial score (nSPS) is 10.7. The SMILES string of the molecule is COCCCNC(=O)Cn1ccc2ccc(C=O)cc21. The molecule has 5 heteroatoms. The number of amides is 1. The van der Waals surface area contributed by atoms with Crippen LogP contribution in [0.25, 0.3) is 10.9 Å². The Balaban J connectivity index is 2.02. The summed E-state index contributed by atoms with van der Waals surface area (Å²) < 4.78 is 6.76. The average Bonchev–Trinajstić information content (AvgIpc) is 2.86. The first-order valence-electron chi connectivity index (χ1n) is 6.54. The van der Waals surface area contributed by atoms with E-state index in [0.717, 1.165) is 23.6 Å². The Bertz CT molecular complexity index is 604. The highest BCUT2D eigenvalue weighted by Gasteiger charge is 2.06. The fourth-order valence-corrected chi connectivity index (χ4v) is 2.07. The molecule has 0 aliphatic heterocycles. The minimum Gasteiger partial charge on any atom is -0.385 e. The third-order valence-electron chi connectivity index (χ3n) is 3.10. The van der Waals surface area contributed by atoms with E-state index in [2.05, 4.69) is 5.32 Å². The number of hydrogen-bond donors (Lipinski definition) is 1. The molecule has 0 saturated heterocycles. The first kappa shape index (κ1) is 14.3. The van der Waals surface area contributed by atoms with E-state index in [0.29, 0.717) is 18.7 Å². The number of ether oxygens (including phenoxy) is 1. The molecule has 5 nitrogen and oxygen atoms in total. The van der Waals surface area contributed by atoms with Gasteiger partial charge in [-0.15, -0.1) is 0 Å². The van der Waals surface area contributed by atoms with Crippen LogP contribution in [0.2, 0.25) is 0 Å². The van der Waals surface area contributed by atoms with Gasteiger partial charge in [-0.05, 0) is 23.9 Å². The standard InChI is InChI=1S/C15H18N2O3/c1-20-8-2-6-16-15(19)10-17-7-5-13-4-3-12(11-18)9-14(13)17/h3-5,7,9,11H,2,6,8,10H2,1H3,(H,16,19). The summed E-state index contributed by atoms with van der Waals surface area (Å²) in [7, 11) is 1.64. The van der Waals surface area contributed by atoms with Gasteiger partial charge in [0.1, 0.15) is 12.8 Å². The highest BCUT2D eigenvalue weighted by Crippen LogP contribution is 2.16. The van der Waals surface area contributed by atoms with E-state index in [1.165, 1.54) is 0 Å². The van der Waals surface area contributed by atoms with Gasteiger partial charge in [0.05, 0.1) is 0 Å². The smallest absolute Gasteiger partial charge is 0.239 e. The lowest BCUT2D eigenvalue weighted by atomic mass is 10.2. The lowest BCUT2D eigenvalue weighted by Gasteiger charge is -2.07. The number of hydrogen-bond acceptors (Lipinski definition) is 3. The Morgan fingerprint density at radius 2 is 2.25 bits per heavy atom. The predicted molar refractivity (Wildman–Crippen MR) is 76.8 cm³/mol. The zero-order chi connectivity index (χ0) is 14.4. The summed E-state index contributed by atoms with van der Waals surface area (Å²) in [6.07, 6.45) is 3.46. The van der Waals surface area contributed by atoms with E-state index in [1.807, 2.05) is 22.9 Å². The molecule has 1 aromatic heterocycles. The second-order valence-electron chi connectivity index (χ2n) is 4.58. The fourth-order valence-electron chi connectivity index (χ4n) is 2.07. The predicted octanol–water partition coefficient (Wildman–Crippen LogP) is 1.61. The van der Waals surface area contributed by atoms with Gasteiger partial charge < -0.3 is 14.6 Å². The van der Waals surface area contributed by atoms with Crippen molar-refractivity contribution in [2.24, 2.45) is 0 Å². The molecule has 0 saturated carbocycles. The summed E-state index contributed by atoms with van der Waals surface area (Å²) >= 11 is 0. The Morgan fingerprint density at radius 1 is 1.40 bits per heavy atom. The van der Waals surface area contributed by atoms with Crippen molar-refractivity contribution >= 4 is 23.1 Å². The molecule has 0 bridgehead atoms. The second kappa shape index (κ2) is 6.86. The fraction of sp³-hybridized carbons (Fsp3) is 0.333. The van der Waals surface area contributed by atoms with Crippen LogP contribution in [0.3, 0.4) is 0 Å². The number of nitrogens with zero attached hydrogens (tertiary/aromatic N) is 1. The molecule has 1 heterocycles. The van der Waals surface area contributed by atoms with Crippen molar-refractivity contribution in [2.45, 2.75) is 13.0 Å². The number of nitrogens with one attached hydrogen (secondary N) is 1. The monoisotopic (exact) mass is 274 g/mol. The Labute approximate surface area is 117 Å². The number of carbonyl (C=O) groups is 2. The topological polar surface area (TPSA) is 60.3 Å². The number of methoxy groups -OCH3 is 1. The average molecular weight is 274 g/mol.